The van der Waals surface area contributed by atoms with Crippen LogP contribution in [0.2, 0.25) is 0 Å². The minimum absolute atomic E-state index is 0.0180. The van der Waals surface area contributed by atoms with Gasteiger partial charge in [0.2, 0.25) is 5.91 Å². The summed E-state index contributed by atoms with van der Waals surface area (Å²) in [6.45, 7) is 5.57. The van der Waals surface area contributed by atoms with Crippen molar-refractivity contribution in [1.29, 1.82) is 0 Å². The summed E-state index contributed by atoms with van der Waals surface area (Å²) in [5.41, 5.74) is 11.6. The molecular formula is C34H31FN8O4S. The van der Waals surface area contributed by atoms with Crippen LogP contribution in [-0.4, -0.2) is 49.6 Å². The second kappa shape index (κ2) is 13.2. The fourth-order valence-electron chi connectivity index (χ4n) is 5.41. The Morgan fingerprint density at radius 1 is 1.02 bits per heavy atom. The topological polar surface area (TPSA) is 168 Å². The first-order valence-electron chi connectivity index (χ1n) is 15.0. The standard InChI is InChI=1S/C34H31FN8O4S/c1-4-25-30-32(33(36)40-19-39-30)43(23-10-11-27(26(35)17-23)47-34-37-14-12-21(3)41-34)31(25)29-20(2)16-22(18-38-29)42-28(44)13-15-48(45,46)24-8-6-5-7-9-24/h5-12,14,16-19H,4,13,15H2,1-3H3,(H,42,44)(H2,36,39,40). The number of pyridine rings is 1. The van der Waals surface area contributed by atoms with Crippen LogP contribution in [0.5, 0.6) is 11.8 Å². The molecule has 0 saturated heterocycles. The van der Waals surface area contributed by atoms with E-state index in [1.807, 2.05) is 13.8 Å². The van der Waals surface area contributed by atoms with Crippen LogP contribution < -0.4 is 15.8 Å². The first-order valence-corrected chi connectivity index (χ1v) is 16.7. The van der Waals surface area contributed by atoms with Crippen molar-refractivity contribution in [3.05, 3.63) is 102 Å². The van der Waals surface area contributed by atoms with Gasteiger partial charge in [0, 0.05) is 35.6 Å². The highest BCUT2D eigenvalue weighted by atomic mass is 32.2. The quantitative estimate of drug-likeness (QED) is 0.183. The molecule has 14 heteroatoms. The lowest BCUT2D eigenvalue weighted by Crippen LogP contribution is -2.17. The Bertz CT molecular complexity index is 2280. The molecule has 6 aromatic rings. The van der Waals surface area contributed by atoms with E-state index in [1.54, 1.807) is 47.9 Å². The van der Waals surface area contributed by atoms with Gasteiger partial charge in [-0.05, 0) is 62.2 Å². The van der Waals surface area contributed by atoms with Crippen LogP contribution in [0.25, 0.3) is 28.1 Å². The number of nitrogen functional groups attached to an aromatic ring is 1. The first kappa shape index (κ1) is 32.2. The summed E-state index contributed by atoms with van der Waals surface area (Å²) in [5.74, 6) is -1.33. The van der Waals surface area contributed by atoms with E-state index in [0.29, 0.717) is 51.5 Å². The Morgan fingerprint density at radius 3 is 2.52 bits per heavy atom. The Kier molecular flexibility index (Phi) is 8.82. The molecule has 3 N–H and O–H groups in total. The van der Waals surface area contributed by atoms with Gasteiger partial charge in [-0.1, -0.05) is 25.1 Å². The number of hydrogen-bond acceptors (Lipinski definition) is 10. The number of amides is 1. The summed E-state index contributed by atoms with van der Waals surface area (Å²) in [4.78, 5) is 34.6. The van der Waals surface area contributed by atoms with E-state index in [0.717, 1.165) is 5.56 Å². The van der Waals surface area contributed by atoms with Gasteiger partial charge in [0.15, 0.2) is 27.2 Å². The minimum atomic E-state index is -3.62. The number of sulfone groups is 1. The Hall–Kier alpha value is -5.76. The molecule has 0 radical (unpaired) electrons. The molecule has 6 rings (SSSR count). The highest BCUT2D eigenvalue weighted by molar-refractivity contribution is 7.91. The Morgan fingerprint density at radius 2 is 1.81 bits per heavy atom. The Balaban J connectivity index is 1.34. The van der Waals surface area contributed by atoms with Crippen molar-refractivity contribution in [3.8, 4) is 28.8 Å². The van der Waals surface area contributed by atoms with E-state index in [1.165, 1.54) is 43.0 Å². The average molecular weight is 667 g/mol. The van der Waals surface area contributed by atoms with Crippen LogP contribution in [0, 0.1) is 19.7 Å². The number of carbonyl (C=O) groups is 1. The molecule has 12 nitrogen and oxygen atoms in total. The number of nitrogens with zero attached hydrogens (tertiary/aromatic N) is 6. The third-order valence-corrected chi connectivity index (χ3v) is 9.39. The lowest BCUT2D eigenvalue weighted by Gasteiger charge is -2.16. The number of fused-ring (bicyclic) bond motifs is 1. The Labute approximate surface area is 275 Å². The molecule has 0 aliphatic rings. The maximum absolute atomic E-state index is 15.6. The van der Waals surface area contributed by atoms with E-state index in [-0.39, 0.29) is 34.6 Å². The molecule has 0 fully saturated rings. The fraction of sp³-hybridized carbons (Fsp3) is 0.176. The molecule has 4 heterocycles. The molecule has 244 valence electrons. The molecule has 0 saturated carbocycles. The van der Waals surface area contributed by atoms with E-state index < -0.39 is 21.6 Å². The van der Waals surface area contributed by atoms with Crippen LogP contribution in [0.4, 0.5) is 15.9 Å². The largest absolute Gasteiger partial charge is 0.421 e. The molecule has 0 bridgehead atoms. The van der Waals surface area contributed by atoms with Crippen molar-refractivity contribution in [3.63, 3.8) is 0 Å². The predicted octanol–water partition coefficient (Wildman–Crippen LogP) is 5.77. The number of nitrogens with one attached hydrogen (secondary N) is 1. The van der Waals surface area contributed by atoms with Gasteiger partial charge in [-0.25, -0.2) is 32.7 Å². The number of benzene rings is 2. The van der Waals surface area contributed by atoms with Gasteiger partial charge in [-0.15, -0.1) is 0 Å². The summed E-state index contributed by atoms with van der Waals surface area (Å²) in [7, 11) is -3.62. The predicted molar refractivity (Wildman–Crippen MR) is 179 cm³/mol. The van der Waals surface area contributed by atoms with Gasteiger partial charge in [-0.2, -0.15) is 0 Å². The zero-order valence-electron chi connectivity index (χ0n) is 26.3. The lowest BCUT2D eigenvalue weighted by molar-refractivity contribution is -0.115. The third-order valence-electron chi connectivity index (χ3n) is 7.66. The number of aryl methyl sites for hydroxylation is 3. The normalized spacial score (nSPS) is 11.5. The van der Waals surface area contributed by atoms with E-state index >= 15 is 4.39 Å². The molecule has 0 atom stereocenters. The molecule has 0 aliphatic carbocycles. The second-order valence-electron chi connectivity index (χ2n) is 11.0. The lowest BCUT2D eigenvalue weighted by atomic mass is 10.1. The number of hydrogen-bond donors (Lipinski definition) is 2. The van der Waals surface area contributed by atoms with E-state index in [9.17, 15) is 13.2 Å². The molecule has 1 amide bonds. The van der Waals surface area contributed by atoms with Crippen LogP contribution in [0.3, 0.4) is 0 Å². The SMILES string of the molecule is CCc1c(-c2ncc(NC(=O)CCS(=O)(=O)c3ccccc3)cc2C)n(-c2ccc(Oc3nccc(C)n3)c(F)c2)c2c(N)ncnc12. The molecule has 4 aromatic heterocycles. The number of carbonyl (C=O) groups excluding carboxylic acids is 1. The van der Waals surface area contributed by atoms with Gasteiger partial charge in [-0.3, -0.25) is 9.78 Å². The number of halogens is 1. The summed E-state index contributed by atoms with van der Waals surface area (Å²) in [5, 5.41) is 2.74. The summed E-state index contributed by atoms with van der Waals surface area (Å²) in [6, 6.07) is 15.9. The second-order valence-corrected chi connectivity index (χ2v) is 13.1. The van der Waals surface area contributed by atoms with Crippen LogP contribution >= 0.6 is 0 Å². The molecular weight excluding hydrogens is 635 g/mol. The number of nitrogens with two attached hydrogens (primary N) is 1. The highest BCUT2D eigenvalue weighted by Crippen LogP contribution is 2.39. The maximum atomic E-state index is 15.6. The van der Waals surface area contributed by atoms with Crippen molar-refractivity contribution < 1.29 is 22.3 Å². The number of ether oxygens (including phenoxy) is 1. The van der Waals surface area contributed by atoms with Gasteiger partial charge < -0.3 is 20.4 Å². The third kappa shape index (κ3) is 6.42. The summed E-state index contributed by atoms with van der Waals surface area (Å²) >= 11 is 0. The van der Waals surface area contributed by atoms with Crippen LogP contribution in [-0.2, 0) is 21.1 Å². The van der Waals surface area contributed by atoms with E-state index in [4.69, 9.17) is 15.5 Å². The summed E-state index contributed by atoms with van der Waals surface area (Å²) < 4.78 is 48.2. The monoisotopic (exact) mass is 666 g/mol. The fourth-order valence-corrected chi connectivity index (χ4v) is 6.67. The van der Waals surface area contributed by atoms with Crippen molar-refractivity contribution in [1.82, 2.24) is 29.5 Å². The molecule has 0 aliphatic heterocycles. The van der Waals surface area contributed by atoms with Crippen LogP contribution in [0.15, 0.2) is 84.3 Å². The van der Waals surface area contributed by atoms with Crippen molar-refractivity contribution in [2.45, 2.75) is 38.5 Å². The smallest absolute Gasteiger partial charge is 0.322 e. The van der Waals surface area contributed by atoms with Crippen molar-refractivity contribution >= 4 is 38.3 Å². The van der Waals surface area contributed by atoms with Crippen LogP contribution in [0.1, 0.15) is 30.2 Å². The van der Waals surface area contributed by atoms with E-state index in [2.05, 4.69) is 25.3 Å². The van der Waals surface area contributed by atoms with Gasteiger partial charge in [0.25, 0.3) is 0 Å². The molecule has 2 aromatic carbocycles. The van der Waals surface area contributed by atoms with Gasteiger partial charge in [0.05, 0.1) is 39.4 Å². The van der Waals surface area contributed by atoms with Crippen molar-refractivity contribution in [2.24, 2.45) is 0 Å². The zero-order chi connectivity index (χ0) is 34.0. The maximum Gasteiger partial charge on any atom is 0.322 e. The molecule has 0 spiro atoms. The number of aromatic nitrogens is 6. The van der Waals surface area contributed by atoms with Gasteiger partial charge >= 0.3 is 6.01 Å². The molecule has 0 unspecified atom stereocenters. The number of anilines is 2. The first-order chi connectivity index (χ1) is 23.1. The highest BCUT2D eigenvalue weighted by Gasteiger charge is 2.25. The number of rotatable bonds is 10. The average Bonchev–Trinajstić information content (AvgIpc) is 3.40. The van der Waals surface area contributed by atoms with Crippen molar-refractivity contribution in [2.75, 3.05) is 16.8 Å². The molecule has 48 heavy (non-hydrogen) atoms. The minimum Gasteiger partial charge on any atom is -0.421 e. The van der Waals surface area contributed by atoms with Gasteiger partial charge in [0.1, 0.15) is 11.8 Å². The zero-order valence-corrected chi connectivity index (χ0v) is 27.1. The summed E-state index contributed by atoms with van der Waals surface area (Å²) in [6.07, 6.45) is 4.70.